The second-order valence-electron chi connectivity index (χ2n) is 9.27. The van der Waals surface area contributed by atoms with E-state index in [0.29, 0.717) is 25.0 Å². The van der Waals surface area contributed by atoms with E-state index in [0.717, 1.165) is 11.1 Å². The summed E-state index contributed by atoms with van der Waals surface area (Å²) in [6.45, 7) is 5.71. The first kappa shape index (κ1) is 24.3. The van der Waals surface area contributed by atoms with Crippen LogP contribution < -0.4 is 16.0 Å². The van der Waals surface area contributed by atoms with Crippen molar-refractivity contribution < 1.29 is 28.7 Å². The lowest BCUT2D eigenvalue weighted by molar-refractivity contribution is -0.146. The molecular formula is C24H31N3O6. The van der Waals surface area contributed by atoms with Crippen LogP contribution in [0.1, 0.15) is 44.7 Å². The number of ether oxygens (including phenoxy) is 2. The molecule has 1 fully saturated rings. The zero-order valence-corrected chi connectivity index (χ0v) is 19.4. The number of amides is 3. The molecular weight excluding hydrogens is 426 g/mol. The highest BCUT2D eigenvalue weighted by molar-refractivity contribution is 5.94. The molecule has 0 aromatic heterocycles. The van der Waals surface area contributed by atoms with E-state index in [9.17, 15) is 19.2 Å². The van der Waals surface area contributed by atoms with Crippen LogP contribution in [-0.2, 0) is 30.3 Å². The van der Waals surface area contributed by atoms with Gasteiger partial charge in [-0.1, -0.05) is 30.3 Å². The molecule has 1 aromatic carbocycles. The minimum atomic E-state index is -1.06. The number of fused-ring (bicyclic) bond motifs is 1. The molecule has 178 valence electrons. The van der Waals surface area contributed by atoms with Crippen LogP contribution in [0.2, 0.25) is 0 Å². The summed E-state index contributed by atoms with van der Waals surface area (Å²) in [4.78, 5) is 50.2. The summed E-state index contributed by atoms with van der Waals surface area (Å²) in [7, 11) is 1.22. The Labute approximate surface area is 193 Å². The van der Waals surface area contributed by atoms with E-state index in [4.69, 9.17) is 9.47 Å². The van der Waals surface area contributed by atoms with Crippen molar-refractivity contribution in [3.8, 4) is 0 Å². The molecule has 1 aliphatic carbocycles. The maximum absolute atomic E-state index is 13.3. The number of carbonyl (C=O) groups is 4. The number of esters is 1. The van der Waals surface area contributed by atoms with Crippen molar-refractivity contribution in [1.29, 1.82) is 0 Å². The quantitative estimate of drug-likeness (QED) is 0.536. The lowest BCUT2D eigenvalue weighted by atomic mass is 9.97. The van der Waals surface area contributed by atoms with E-state index < -0.39 is 41.6 Å². The van der Waals surface area contributed by atoms with Crippen LogP contribution in [0.25, 0.3) is 6.08 Å². The van der Waals surface area contributed by atoms with Crippen LogP contribution in [-0.4, -0.2) is 55.2 Å². The summed E-state index contributed by atoms with van der Waals surface area (Å²) < 4.78 is 10.2. The molecule has 1 aliphatic heterocycles. The number of benzene rings is 1. The van der Waals surface area contributed by atoms with Gasteiger partial charge in [0.25, 0.3) is 0 Å². The third-order valence-electron chi connectivity index (χ3n) is 5.57. The molecule has 2 unspecified atom stereocenters. The fourth-order valence-corrected chi connectivity index (χ4v) is 4.01. The highest BCUT2D eigenvalue weighted by atomic mass is 16.6. The number of alkyl carbamates (subject to hydrolysis) is 1. The van der Waals surface area contributed by atoms with Gasteiger partial charge in [-0.05, 0) is 56.7 Å². The van der Waals surface area contributed by atoms with Crippen molar-refractivity contribution in [3.63, 3.8) is 0 Å². The van der Waals surface area contributed by atoms with E-state index >= 15 is 0 Å². The smallest absolute Gasteiger partial charge is 0.408 e. The normalized spacial score (nSPS) is 19.0. The zero-order valence-electron chi connectivity index (χ0n) is 19.4. The summed E-state index contributed by atoms with van der Waals surface area (Å²) in [5, 5.41) is 8.05. The van der Waals surface area contributed by atoms with Gasteiger partial charge in [0, 0.05) is 12.5 Å². The van der Waals surface area contributed by atoms with Gasteiger partial charge >= 0.3 is 12.1 Å². The molecule has 33 heavy (non-hydrogen) atoms. The molecule has 0 radical (unpaired) electrons. The summed E-state index contributed by atoms with van der Waals surface area (Å²) in [5.41, 5.74) is 1.91. The summed E-state index contributed by atoms with van der Waals surface area (Å²) in [6.07, 6.45) is 2.27. The Balaban J connectivity index is 1.80. The fraction of sp³-hybridized carbons (Fsp3) is 0.500. The molecule has 9 heteroatoms. The molecule has 1 aromatic rings. The lowest BCUT2D eigenvalue weighted by Gasteiger charge is -2.26. The van der Waals surface area contributed by atoms with Gasteiger partial charge in [-0.25, -0.2) is 9.59 Å². The zero-order chi connectivity index (χ0) is 24.2. The van der Waals surface area contributed by atoms with Gasteiger partial charge in [0.1, 0.15) is 17.7 Å². The monoisotopic (exact) mass is 457 g/mol. The van der Waals surface area contributed by atoms with Crippen molar-refractivity contribution in [2.45, 2.75) is 57.7 Å². The van der Waals surface area contributed by atoms with E-state index in [1.807, 2.05) is 30.3 Å². The minimum absolute atomic E-state index is 0.114. The first-order chi connectivity index (χ1) is 15.6. The maximum Gasteiger partial charge on any atom is 0.408 e. The number of rotatable bonds is 7. The van der Waals surface area contributed by atoms with Gasteiger partial charge in [0.15, 0.2) is 0 Å². The van der Waals surface area contributed by atoms with E-state index in [2.05, 4.69) is 16.0 Å². The standard InChI is InChI=1S/C24H31N3O6/c1-24(2,3)33-23(31)27-19(17-11-14-7-5-6-8-15(14)12-17)21(29)26-18(22(30)32-4)13-16-9-10-25-20(16)28/h5-8,11,16,18-19H,9-10,12-13H2,1-4H3,(H,25,28)(H,26,29)(H,27,31)/t16-,18?,19?/m0/s1. The highest BCUT2D eigenvalue weighted by Crippen LogP contribution is 2.27. The van der Waals surface area contributed by atoms with Gasteiger partial charge < -0.3 is 25.4 Å². The number of methoxy groups -OCH3 is 1. The largest absolute Gasteiger partial charge is 0.467 e. The number of nitrogens with one attached hydrogen (secondary N) is 3. The Hall–Kier alpha value is -3.36. The third kappa shape index (κ3) is 6.34. The average Bonchev–Trinajstić information content (AvgIpc) is 3.35. The van der Waals surface area contributed by atoms with Crippen LogP contribution in [0.3, 0.4) is 0 Å². The summed E-state index contributed by atoms with van der Waals surface area (Å²) in [6, 6.07) is 5.61. The molecule has 0 saturated carbocycles. The van der Waals surface area contributed by atoms with Gasteiger partial charge in [-0.2, -0.15) is 0 Å². The molecule has 0 bridgehead atoms. The van der Waals surface area contributed by atoms with Gasteiger partial charge in [-0.3, -0.25) is 9.59 Å². The molecule has 1 saturated heterocycles. The number of carbonyl (C=O) groups excluding carboxylic acids is 4. The Morgan fingerprint density at radius 1 is 1.18 bits per heavy atom. The first-order valence-electron chi connectivity index (χ1n) is 11.0. The minimum Gasteiger partial charge on any atom is -0.467 e. The van der Waals surface area contributed by atoms with Crippen molar-refractivity contribution in [2.75, 3.05) is 13.7 Å². The first-order valence-corrected chi connectivity index (χ1v) is 11.0. The Morgan fingerprint density at radius 3 is 2.52 bits per heavy atom. The molecule has 2 aliphatic rings. The molecule has 9 nitrogen and oxygen atoms in total. The second kappa shape index (κ2) is 10.1. The SMILES string of the molecule is COC(=O)C(C[C@@H]1CCNC1=O)NC(=O)C(NC(=O)OC(C)(C)C)C1=Cc2ccccc2C1. The molecule has 3 amide bonds. The fourth-order valence-electron chi connectivity index (χ4n) is 4.01. The van der Waals surface area contributed by atoms with Crippen molar-refractivity contribution >= 4 is 30.0 Å². The third-order valence-corrected chi connectivity index (χ3v) is 5.57. The second-order valence-corrected chi connectivity index (χ2v) is 9.27. The van der Waals surface area contributed by atoms with Crippen LogP contribution in [0.15, 0.2) is 29.8 Å². The number of hydrogen-bond donors (Lipinski definition) is 3. The van der Waals surface area contributed by atoms with Gasteiger partial charge in [0.05, 0.1) is 7.11 Å². The summed E-state index contributed by atoms with van der Waals surface area (Å²) in [5.74, 6) is -1.78. The lowest BCUT2D eigenvalue weighted by Crippen LogP contribution is -2.53. The van der Waals surface area contributed by atoms with Gasteiger partial charge in [-0.15, -0.1) is 0 Å². The Kier molecular flexibility index (Phi) is 7.40. The summed E-state index contributed by atoms with van der Waals surface area (Å²) >= 11 is 0. The predicted octanol–water partition coefficient (Wildman–Crippen LogP) is 1.70. The van der Waals surface area contributed by atoms with Crippen molar-refractivity contribution in [3.05, 3.63) is 41.0 Å². The molecule has 0 spiro atoms. The van der Waals surface area contributed by atoms with Gasteiger partial charge in [0.2, 0.25) is 11.8 Å². The van der Waals surface area contributed by atoms with Crippen LogP contribution in [0.4, 0.5) is 4.79 Å². The van der Waals surface area contributed by atoms with Crippen LogP contribution in [0, 0.1) is 5.92 Å². The highest BCUT2D eigenvalue weighted by Gasteiger charge is 2.35. The topological polar surface area (TPSA) is 123 Å². The molecule has 3 atom stereocenters. The van der Waals surface area contributed by atoms with Crippen molar-refractivity contribution in [2.24, 2.45) is 5.92 Å². The Morgan fingerprint density at radius 2 is 1.91 bits per heavy atom. The Bertz CT molecular complexity index is 965. The van der Waals surface area contributed by atoms with E-state index in [1.54, 1.807) is 20.8 Å². The molecule has 3 N–H and O–H groups in total. The van der Waals surface area contributed by atoms with Crippen LogP contribution >= 0.6 is 0 Å². The van der Waals surface area contributed by atoms with Crippen molar-refractivity contribution in [1.82, 2.24) is 16.0 Å². The maximum atomic E-state index is 13.3. The molecule has 3 rings (SSSR count). The predicted molar refractivity (Wildman–Crippen MR) is 121 cm³/mol. The number of hydrogen-bond acceptors (Lipinski definition) is 6. The molecule has 1 heterocycles. The van der Waals surface area contributed by atoms with E-state index in [-0.39, 0.29) is 12.3 Å². The van der Waals surface area contributed by atoms with E-state index in [1.165, 1.54) is 7.11 Å². The average molecular weight is 458 g/mol. The van der Waals surface area contributed by atoms with Crippen LogP contribution in [0.5, 0.6) is 0 Å².